The average molecular weight is 825 g/mol. The Bertz CT molecular complexity index is 2180. The number of fused-ring (bicyclic) bond motifs is 5. The first-order valence-electron chi connectivity index (χ1n) is 17.9. The Morgan fingerprint density at radius 1 is 0.717 bits per heavy atom. The van der Waals surface area contributed by atoms with Gasteiger partial charge in [-0.05, 0) is 36.1 Å². The first-order valence-corrected chi connectivity index (χ1v) is 19.1. The van der Waals surface area contributed by atoms with Crippen molar-refractivity contribution < 1.29 is 57.8 Å². The SMILES string of the molecule is CC1=CC(C)(C)c2cc3[cH-]c4cc5c(cc4c3cc21)C(C)=CC5(C)C.CC1[C-]=CC(C(C)(C)C)=C1.Fc1cccc([C](=[Zr+2])c2cccc(F)c2)c1.[Cl-].[Cl-]. The predicted molar refractivity (Wildman–Crippen MR) is 211 cm³/mol. The molecule has 0 radical (unpaired) electrons. The molecule has 0 nitrogen and oxygen atoms in total. The number of halogens is 4. The first-order chi connectivity index (χ1) is 23.8. The zero-order chi connectivity index (χ0) is 37.0. The van der Waals surface area contributed by atoms with Gasteiger partial charge in [-0.1, -0.05) is 102 Å². The van der Waals surface area contributed by atoms with Gasteiger partial charge in [-0.25, -0.2) is 6.08 Å². The monoisotopic (exact) mass is 822 g/mol. The molecule has 3 aliphatic rings. The summed E-state index contributed by atoms with van der Waals surface area (Å²) in [5.41, 5.74) is 12.2. The molecule has 3 aliphatic carbocycles. The Morgan fingerprint density at radius 2 is 1.15 bits per heavy atom. The minimum Gasteiger partial charge on any atom is -1.00 e. The van der Waals surface area contributed by atoms with E-state index in [2.05, 4.69) is 130 Å². The molecule has 0 bridgehead atoms. The predicted octanol–water partition coefficient (Wildman–Crippen LogP) is 7.16. The van der Waals surface area contributed by atoms with Crippen molar-refractivity contribution in [3.05, 3.63) is 160 Å². The smallest absolute Gasteiger partial charge is 1.00 e. The van der Waals surface area contributed by atoms with Gasteiger partial charge in [0.15, 0.2) is 0 Å². The van der Waals surface area contributed by atoms with Crippen molar-refractivity contribution in [2.24, 2.45) is 11.3 Å². The van der Waals surface area contributed by atoms with Crippen LogP contribution in [0.15, 0.2) is 109 Å². The van der Waals surface area contributed by atoms with Crippen LogP contribution >= 0.6 is 0 Å². The van der Waals surface area contributed by atoms with E-state index in [1.165, 1.54) is 84.8 Å². The zero-order valence-electron chi connectivity index (χ0n) is 32.4. The summed E-state index contributed by atoms with van der Waals surface area (Å²) in [5, 5.41) is 5.57. The molecule has 5 heteroatoms. The Hall–Kier alpha value is -3.10. The summed E-state index contributed by atoms with van der Waals surface area (Å²) in [6.45, 7) is 22.6. The third-order valence-corrected chi connectivity index (χ3v) is 11.8. The summed E-state index contributed by atoms with van der Waals surface area (Å²) in [6, 6.07) is 24.8. The molecule has 8 rings (SSSR count). The topological polar surface area (TPSA) is 0 Å². The molecular weight excluding hydrogens is 777 g/mol. The molecule has 0 fully saturated rings. The van der Waals surface area contributed by atoms with E-state index in [0.29, 0.717) is 11.3 Å². The van der Waals surface area contributed by atoms with Crippen LogP contribution in [0.25, 0.3) is 32.7 Å². The maximum Gasteiger partial charge on any atom is -1.00 e. The van der Waals surface area contributed by atoms with E-state index in [4.69, 9.17) is 0 Å². The maximum absolute atomic E-state index is 13.0. The van der Waals surface area contributed by atoms with Gasteiger partial charge in [-0.2, -0.15) is 11.6 Å². The first kappa shape index (κ1) is 42.6. The van der Waals surface area contributed by atoms with E-state index in [9.17, 15) is 8.78 Å². The van der Waals surface area contributed by atoms with Crippen LogP contribution in [0.4, 0.5) is 8.78 Å². The van der Waals surface area contributed by atoms with Crippen molar-refractivity contribution in [1.82, 2.24) is 0 Å². The summed E-state index contributed by atoms with van der Waals surface area (Å²) in [6.07, 6.45) is 12.5. The molecule has 53 heavy (non-hydrogen) atoms. The standard InChI is InChI=1S/C25H25.C13H8F2.C10H15.2ClH.Zr/c1-14-12-24(3,4)22-8-16-7-17-9-23-19(15(2)13-25(23,5)6)11-21(17)20(16)10-18(14)22;14-12-5-1-3-10(8-12)7-11-4-2-6-13(15)9-11;1-8-5-6-9(7-8)10(2,3)4;;;/h7-13H,1-6H3;1-6,8-9H;6-8H,1-4H3;2*1H;/q-1;;-1;;;+2/p-2. The summed E-state index contributed by atoms with van der Waals surface area (Å²) < 4.78 is 27.0. The Labute approximate surface area is 342 Å². The fourth-order valence-electron chi connectivity index (χ4n) is 7.73. The van der Waals surface area contributed by atoms with Crippen molar-refractivity contribution >= 4 is 35.9 Å². The van der Waals surface area contributed by atoms with Crippen LogP contribution in [0.3, 0.4) is 0 Å². The number of hydrogen-bond donors (Lipinski definition) is 0. The molecule has 0 N–H and O–H groups in total. The quantitative estimate of drug-likeness (QED) is 0.166. The molecule has 1 unspecified atom stereocenters. The van der Waals surface area contributed by atoms with Crippen LogP contribution in [0.5, 0.6) is 0 Å². The van der Waals surface area contributed by atoms with Crippen molar-refractivity contribution in [2.75, 3.05) is 0 Å². The summed E-state index contributed by atoms with van der Waals surface area (Å²) in [7, 11) is 0. The van der Waals surface area contributed by atoms with Crippen LogP contribution in [-0.2, 0) is 35.1 Å². The molecule has 5 aromatic rings. The van der Waals surface area contributed by atoms with Crippen LogP contribution in [0.1, 0.15) is 103 Å². The fourth-order valence-corrected chi connectivity index (χ4v) is 8.49. The fraction of sp³-hybridized carbons (Fsp3) is 0.292. The van der Waals surface area contributed by atoms with Gasteiger partial charge in [0.2, 0.25) is 0 Å². The minimum absolute atomic E-state index is 0. The molecule has 0 aliphatic heterocycles. The van der Waals surface area contributed by atoms with E-state index >= 15 is 0 Å². The molecule has 0 saturated heterocycles. The molecule has 1 atom stereocenters. The van der Waals surface area contributed by atoms with Gasteiger partial charge in [0.05, 0.1) is 0 Å². The Kier molecular flexibility index (Phi) is 12.8. The minimum atomic E-state index is -0.270. The summed E-state index contributed by atoms with van der Waals surface area (Å²) in [4.78, 5) is 0. The third kappa shape index (κ3) is 8.91. The molecule has 0 aromatic heterocycles. The summed E-state index contributed by atoms with van der Waals surface area (Å²) in [5.74, 6) is -0.0168. The summed E-state index contributed by atoms with van der Waals surface area (Å²) >= 11 is 1.13. The molecule has 5 aromatic carbocycles. The van der Waals surface area contributed by atoms with E-state index in [1.54, 1.807) is 12.1 Å². The average Bonchev–Trinajstić information content (AvgIpc) is 3.76. The molecule has 0 amide bonds. The second-order valence-electron chi connectivity index (χ2n) is 16.6. The van der Waals surface area contributed by atoms with Gasteiger partial charge in [-0.3, -0.25) is 6.08 Å². The maximum atomic E-state index is 13.0. The number of allylic oxidation sites excluding steroid dienone is 8. The van der Waals surface area contributed by atoms with Crippen LogP contribution in [-0.4, -0.2) is 3.21 Å². The van der Waals surface area contributed by atoms with Crippen LogP contribution in [0.2, 0.25) is 0 Å². The van der Waals surface area contributed by atoms with Gasteiger partial charge in [-0.15, -0.1) is 39.7 Å². The van der Waals surface area contributed by atoms with Crippen LogP contribution in [0, 0.1) is 29.0 Å². The van der Waals surface area contributed by atoms with E-state index in [0.717, 1.165) is 38.6 Å². The van der Waals surface area contributed by atoms with Crippen molar-refractivity contribution in [3.8, 4) is 0 Å². The second kappa shape index (κ2) is 15.9. The molecule has 274 valence electrons. The molecular formula is C48H48Cl2F2Zr-2. The van der Waals surface area contributed by atoms with Crippen molar-refractivity contribution in [1.29, 1.82) is 0 Å². The zero-order valence-corrected chi connectivity index (χ0v) is 36.4. The Morgan fingerprint density at radius 3 is 1.49 bits per heavy atom. The van der Waals surface area contributed by atoms with E-state index in [-0.39, 0.29) is 47.3 Å². The largest absolute Gasteiger partial charge is 1.00 e. The van der Waals surface area contributed by atoms with Crippen LogP contribution < -0.4 is 24.8 Å². The van der Waals surface area contributed by atoms with Gasteiger partial charge < -0.3 is 24.8 Å². The molecule has 0 heterocycles. The third-order valence-electron chi connectivity index (χ3n) is 10.4. The Balaban J connectivity index is 0.000000194. The normalized spacial score (nSPS) is 17.2. The number of benzene rings is 4. The van der Waals surface area contributed by atoms with Gasteiger partial charge in [0.1, 0.15) is 0 Å². The van der Waals surface area contributed by atoms with Gasteiger partial charge >= 0.3 is 108 Å². The van der Waals surface area contributed by atoms with Gasteiger partial charge in [0.25, 0.3) is 0 Å². The molecule has 0 spiro atoms. The van der Waals surface area contributed by atoms with Crippen molar-refractivity contribution in [3.63, 3.8) is 0 Å². The van der Waals surface area contributed by atoms with Gasteiger partial charge in [0, 0.05) is 10.8 Å². The second-order valence-corrected chi connectivity index (χ2v) is 17.8. The number of rotatable bonds is 2. The van der Waals surface area contributed by atoms with Crippen molar-refractivity contribution in [2.45, 2.75) is 80.1 Å². The van der Waals surface area contributed by atoms with E-state index in [1.807, 2.05) is 12.1 Å². The van der Waals surface area contributed by atoms with E-state index < -0.39 is 0 Å². The molecule has 0 saturated carbocycles. The number of hydrogen-bond acceptors (Lipinski definition) is 0.